The Balaban J connectivity index is 0.000000921. The normalized spacial score (nSPS) is 8.80. The number of esters is 1. The molecule has 0 aliphatic carbocycles. The van der Waals surface area contributed by atoms with Gasteiger partial charge in [-0.1, -0.05) is 25.4 Å². The summed E-state index contributed by atoms with van der Waals surface area (Å²) in [5.41, 5.74) is 0.558. The molecule has 0 saturated carbocycles. The van der Waals surface area contributed by atoms with Gasteiger partial charge in [0, 0.05) is 0 Å². The number of halogens is 1. The summed E-state index contributed by atoms with van der Waals surface area (Å²) in [6, 6.07) is 3.23. The third-order valence-electron chi connectivity index (χ3n) is 1.32. The van der Waals surface area contributed by atoms with Gasteiger partial charge in [0.25, 0.3) is 0 Å². The number of hydrogen-bond acceptors (Lipinski definition) is 4. The number of rotatable bonds is 3. The molecule has 0 radical (unpaired) electrons. The van der Waals surface area contributed by atoms with E-state index in [2.05, 4.69) is 10.2 Å². The van der Waals surface area contributed by atoms with Crippen LogP contribution in [0.15, 0.2) is 12.1 Å². The van der Waals surface area contributed by atoms with Gasteiger partial charge in [-0.3, -0.25) is 4.79 Å². The Morgan fingerprint density at radius 2 is 2.07 bits per heavy atom. The van der Waals surface area contributed by atoms with E-state index in [9.17, 15) is 4.79 Å². The maximum absolute atomic E-state index is 11.0. The summed E-state index contributed by atoms with van der Waals surface area (Å²) in [4.78, 5) is 11.0. The third-order valence-corrected chi connectivity index (χ3v) is 1.52. The van der Waals surface area contributed by atoms with E-state index >= 15 is 0 Å². The topological polar surface area (TPSA) is 52.1 Å². The van der Waals surface area contributed by atoms with Crippen LogP contribution >= 0.6 is 11.6 Å². The minimum Gasteiger partial charge on any atom is -0.466 e. The van der Waals surface area contributed by atoms with E-state index in [0.29, 0.717) is 17.5 Å². The van der Waals surface area contributed by atoms with E-state index in [4.69, 9.17) is 16.3 Å². The first-order valence-corrected chi connectivity index (χ1v) is 5.24. The van der Waals surface area contributed by atoms with Crippen LogP contribution in [0.25, 0.3) is 0 Å². The predicted octanol–water partition coefficient (Wildman–Crippen LogP) is 2.26. The van der Waals surface area contributed by atoms with Crippen LogP contribution in [0, 0.1) is 0 Å². The van der Waals surface area contributed by atoms with Gasteiger partial charge in [-0.25, -0.2) is 0 Å². The molecule has 0 amide bonds. The highest BCUT2D eigenvalue weighted by atomic mass is 35.5. The molecule has 0 atom stereocenters. The van der Waals surface area contributed by atoms with Crippen molar-refractivity contribution >= 4 is 17.6 Å². The second-order valence-corrected chi connectivity index (χ2v) is 2.72. The van der Waals surface area contributed by atoms with Crippen LogP contribution in [0.2, 0.25) is 5.15 Å². The molecule has 1 heterocycles. The summed E-state index contributed by atoms with van der Waals surface area (Å²) in [5.74, 6) is -0.306. The van der Waals surface area contributed by atoms with Gasteiger partial charge in [0.15, 0.2) is 5.15 Å². The fraction of sp³-hybridized carbons (Fsp3) is 0.500. The van der Waals surface area contributed by atoms with Gasteiger partial charge in [-0.15, -0.1) is 5.10 Å². The highest BCUT2D eigenvalue weighted by Crippen LogP contribution is 2.03. The monoisotopic (exact) mass is 230 g/mol. The number of carbonyl (C=O) groups excluding carboxylic acids is 1. The second kappa shape index (κ2) is 8.17. The lowest BCUT2D eigenvalue weighted by Gasteiger charge is -1.99. The summed E-state index contributed by atoms with van der Waals surface area (Å²) in [6.45, 7) is 6.13. The highest BCUT2D eigenvalue weighted by Gasteiger charge is 2.04. The molecule has 0 spiro atoms. The fourth-order valence-electron chi connectivity index (χ4n) is 0.798. The van der Waals surface area contributed by atoms with Crippen molar-refractivity contribution in [1.29, 1.82) is 0 Å². The van der Waals surface area contributed by atoms with Crippen LogP contribution in [-0.2, 0) is 16.0 Å². The zero-order valence-electron chi connectivity index (χ0n) is 9.16. The van der Waals surface area contributed by atoms with Crippen molar-refractivity contribution in [1.82, 2.24) is 10.2 Å². The summed E-state index contributed by atoms with van der Waals surface area (Å²) < 4.78 is 4.74. The summed E-state index contributed by atoms with van der Waals surface area (Å²) in [6.07, 6.45) is 0.137. The van der Waals surface area contributed by atoms with E-state index < -0.39 is 0 Å². The molecule has 5 heteroatoms. The van der Waals surface area contributed by atoms with Crippen molar-refractivity contribution in [3.05, 3.63) is 23.0 Å². The van der Waals surface area contributed by atoms with Gasteiger partial charge in [-0.05, 0) is 19.1 Å². The number of nitrogens with zero attached hydrogens (tertiary/aromatic N) is 2. The molecule has 15 heavy (non-hydrogen) atoms. The molecule has 84 valence electrons. The molecule has 4 nitrogen and oxygen atoms in total. The van der Waals surface area contributed by atoms with Crippen LogP contribution in [0.1, 0.15) is 26.5 Å². The molecule has 1 aromatic rings. The highest BCUT2D eigenvalue weighted by molar-refractivity contribution is 6.29. The first kappa shape index (κ1) is 13.8. The van der Waals surface area contributed by atoms with Gasteiger partial charge in [-0.2, -0.15) is 5.10 Å². The standard InChI is InChI=1S/C8H9ClN2O2.C2H6/c1-2-13-8(12)5-6-3-4-7(9)11-10-6;1-2/h3-4H,2,5H2,1H3;1-2H3. The van der Waals surface area contributed by atoms with E-state index in [-0.39, 0.29) is 12.4 Å². The lowest BCUT2D eigenvalue weighted by molar-refractivity contribution is -0.142. The van der Waals surface area contributed by atoms with Crippen molar-refractivity contribution in [3.8, 4) is 0 Å². The molecule has 0 aromatic carbocycles. The molecular formula is C10H15ClN2O2. The Morgan fingerprint density at radius 3 is 2.53 bits per heavy atom. The third kappa shape index (κ3) is 6.01. The van der Waals surface area contributed by atoms with Gasteiger partial charge in [0.05, 0.1) is 18.7 Å². The number of hydrogen-bond donors (Lipinski definition) is 0. The van der Waals surface area contributed by atoms with E-state index in [1.54, 1.807) is 19.1 Å². The maximum Gasteiger partial charge on any atom is 0.311 e. The summed E-state index contributed by atoms with van der Waals surface area (Å²) in [5, 5.41) is 7.63. The van der Waals surface area contributed by atoms with Crippen molar-refractivity contribution in [2.45, 2.75) is 27.2 Å². The first-order chi connectivity index (χ1) is 7.22. The lowest BCUT2D eigenvalue weighted by Crippen LogP contribution is -2.09. The van der Waals surface area contributed by atoms with Crippen molar-refractivity contribution in [2.24, 2.45) is 0 Å². The van der Waals surface area contributed by atoms with E-state index in [1.165, 1.54) is 0 Å². The minimum atomic E-state index is -0.306. The molecule has 0 aliphatic heterocycles. The zero-order valence-corrected chi connectivity index (χ0v) is 9.91. The molecule has 0 saturated heterocycles. The smallest absolute Gasteiger partial charge is 0.311 e. The Kier molecular flexibility index (Phi) is 7.54. The number of ether oxygens (including phenoxy) is 1. The van der Waals surface area contributed by atoms with Crippen LogP contribution in [0.4, 0.5) is 0 Å². The van der Waals surface area contributed by atoms with Crippen LogP contribution < -0.4 is 0 Å². The van der Waals surface area contributed by atoms with Crippen molar-refractivity contribution < 1.29 is 9.53 Å². The molecule has 0 N–H and O–H groups in total. The quantitative estimate of drug-likeness (QED) is 0.748. The Bertz CT molecular complexity index is 288. The van der Waals surface area contributed by atoms with E-state index in [1.807, 2.05) is 13.8 Å². The summed E-state index contributed by atoms with van der Waals surface area (Å²) >= 11 is 5.52. The van der Waals surface area contributed by atoms with Gasteiger partial charge >= 0.3 is 5.97 Å². The minimum absolute atomic E-state index is 0.137. The fourth-order valence-corrected chi connectivity index (χ4v) is 0.899. The molecule has 0 bridgehead atoms. The second-order valence-electron chi connectivity index (χ2n) is 2.33. The van der Waals surface area contributed by atoms with Crippen molar-refractivity contribution in [3.63, 3.8) is 0 Å². The largest absolute Gasteiger partial charge is 0.466 e. The molecule has 0 aliphatic rings. The molecule has 0 unspecified atom stereocenters. The predicted molar refractivity (Wildman–Crippen MR) is 58.7 cm³/mol. The van der Waals surface area contributed by atoms with Crippen molar-refractivity contribution in [2.75, 3.05) is 6.61 Å². The number of aromatic nitrogens is 2. The van der Waals surface area contributed by atoms with Gasteiger partial charge in [0.1, 0.15) is 0 Å². The number of carbonyl (C=O) groups is 1. The average Bonchev–Trinajstić information content (AvgIpc) is 2.25. The lowest BCUT2D eigenvalue weighted by atomic mass is 10.3. The SMILES string of the molecule is CC.CCOC(=O)Cc1ccc(Cl)nn1. The maximum atomic E-state index is 11.0. The zero-order chi connectivity index (χ0) is 11.7. The molecular weight excluding hydrogens is 216 g/mol. The first-order valence-electron chi connectivity index (χ1n) is 4.86. The molecule has 0 fully saturated rings. The Labute approximate surface area is 94.6 Å². The van der Waals surface area contributed by atoms with E-state index in [0.717, 1.165) is 0 Å². The van der Waals surface area contributed by atoms with Gasteiger partial charge < -0.3 is 4.74 Å². The Morgan fingerprint density at radius 1 is 1.40 bits per heavy atom. The van der Waals surface area contributed by atoms with Crippen LogP contribution in [0.3, 0.4) is 0 Å². The van der Waals surface area contributed by atoms with Gasteiger partial charge in [0.2, 0.25) is 0 Å². The van der Waals surface area contributed by atoms with Crippen LogP contribution in [0.5, 0.6) is 0 Å². The molecule has 1 rings (SSSR count). The molecule has 1 aromatic heterocycles. The summed E-state index contributed by atoms with van der Waals surface area (Å²) in [7, 11) is 0. The average molecular weight is 231 g/mol. The Hall–Kier alpha value is -1.16. The van der Waals surface area contributed by atoms with Crippen LogP contribution in [-0.4, -0.2) is 22.8 Å².